The number of hydrogen-bond donors (Lipinski definition) is 1. The number of nitrogens with zero attached hydrogens (tertiary/aromatic N) is 2. The summed E-state index contributed by atoms with van der Waals surface area (Å²) in [6, 6.07) is 18.5. The van der Waals surface area contributed by atoms with Crippen molar-refractivity contribution < 1.29 is 17.9 Å². The second-order valence-electron chi connectivity index (χ2n) is 7.01. The van der Waals surface area contributed by atoms with Crippen LogP contribution in [-0.2, 0) is 16.6 Å². The zero-order valence-corrected chi connectivity index (χ0v) is 20.2. The minimum Gasteiger partial charge on any atom is -0.497 e. The third-order valence-corrected chi connectivity index (χ3v) is 6.57. The molecular formula is C23H21Cl2N3O4S. The number of halogens is 2. The molecule has 1 N–H and O–H groups in total. The molecule has 0 fully saturated rings. The number of methoxy groups -OCH3 is 1. The van der Waals surface area contributed by atoms with Crippen molar-refractivity contribution in [1.82, 2.24) is 5.43 Å². The molecule has 7 nitrogen and oxygen atoms in total. The van der Waals surface area contributed by atoms with Crippen LogP contribution in [-0.4, -0.2) is 33.9 Å². The van der Waals surface area contributed by atoms with Crippen LogP contribution in [0.4, 0.5) is 5.69 Å². The molecule has 172 valence electrons. The molecule has 0 spiro atoms. The molecule has 3 aromatic rings. The Morgan fingerprint density at radius 1 is 1.06 bits per heavy atom. The van der Waals surface area contributed by atoms with E-state index in [1.807, 2.05) is 12.1 Å². The summed E-state index contributed by atoms with van der Waals surface area (Å²) >= 11 is 12.3. The Hall–Kier alpha value is -3.07. The van der Waals surface area contributed by atoms with Crippen LogP contribution in [0.2, 0.25) is 10.0 Å². The van der Waals surface area contributed by atoms with Crippen molar-refractivity contribution in [2.24, 2.45) is 5.10 Å². The van der Waals surface area contributed by atoms with E-state index in [1.165, 1.54) is 6.21 Å². The second-order valence-corrected chi connectivity index (χ2v) is 9.70. The standard InChI is InChI=1S/C23H21Cl2N3O4S/c1-32-19-12-8-16(9-13-19)14-26-27-23(29)18-10-6-17(7-11-18)15-28(33(2,30)31)21-5-3-4-20(24)22(21)25/h3-14H,15H2,1-2H3,(H,27,29)/b26-14-. The Kier molecular flexibility index (Phi) is 7.97. The highest BCUT2D eigenvalue weighted by atomic mass is 35.5. The highest BCUT2D eigenvalue weighted by Crippen LogP contribution is 2.34. The van der Waals surface area contributed by atoms with Gasteiger partial charge >= 0.3 is 0 Å². The van der Waals surface area contributed by atoms with E-state index in [0.29, 0.717) is 11.1 Å². The largest absolute Gasteiger partial charge is 0.497 e. The van der Waals surface area contributed by atoms with Crippen LogP contribution in [0, 0.1) is 0 Å². The Balaban J connectivity index is 1.69. The Bertz CT molecular complexity index is 1260. The summed E-state index contributed by atoms with van der Waals surface area (Å²) in [5.74, 6) is 0.326. The van der Waals surface area contributed by atoms with Crippen LogP contribution < -0.4 is 14.5 Å². The lowest BCUT2D eigenvalue weighted by Gasteiger charge is -2.24. The number of hydrazone groups is 1. The molecule has 3 aromatic carbocycles. The first-order chi connectivity index (χ1) is 15.7. The van der Waals surface area contributed by atoms with Gasteiger partial charge in [0.05, 0.1) is 41.9 Å². The van der Waals surface area contributed by atoms with Gasteiger partial charge in [-0.15, -0.1) is 0 Å². The van der Waals surface area contributed by atoms with E-state index in [4.69, 9.17) is 27.9 Å². The maximum Gasteiger partial charge on any atom is 0.271 e. The fourth-order valence-corrected chi connectivity index (χ4v) is 4.25. The molecule has 0 aliphatic heterocycles. The van der Waals surface area contributed by atoms with Crippen LogP contribution in [0.5, 0.6) is 5.75 Å². The van der Waals surface area contributed by atoms with Crippen molar-refractivity contribution >= 4 is 51.0 Å². The lowest BCUT2D eigenvalue weighted by atomic mass is 10.1. The average molecular weight is 506 g/mol. The van der Waals surface area contributed by atoms with Crippen molar-refractivity contribution in [1.29, 1.82) is 0 Å². The van der Waals surface area contributed by atoms with Crippen LogP contribution >= 0.6 is 23.2 Å². The van der Waals surface area contributed by atoms with Gasteiger partial charge in [-0.05, 0) is 59.7 Å². The molecule has 0 saturated carbocycles. The predicted molar refractivity (Wildman–Crippen MR) is 132 cm³/mol. The smallest absolute Gasteiger partial charge is 0.271 e. The van der Waals surface area contributed by atoms with E-state index < -0.39 is 15.9 Å². The van der Waals surface area contributed by atoms with E-state index in [2.05, 4.69) is 10.5 Å². The number of ether oxygens (including phenoxy) is 1. The monoisotopic (exact) mass is 505 g/mol. The molecule has 0 unspecified atom stereocenters. The van der Waals surface area contributed by atoms with Gasteiger partial charge in [0.25, 0.3) is 5.91 Å². The van der Waals surface area contributed by atoms with Gasteiger partial charge in [0.1, 0.15) is 5.75 Å². The summed E-state index contributed by atoms with van der Waals surface area (Å²) in [5.41, 5.74) is 4.57. The molecule has 33 heavy (non-hydrogen) atoms. The van der Waals surface area contributed by atoms with Gasteiger partial charge in [0.2, 0.25) is 10.0 Å². The molecule has 0 aromatic heterocycles. The van der Waals surface area contributed by atoms with Gasteiger partial charge < -0.3 is 4.74 Å². The molecule has 0 radical (unpaired) electrons. The highest BCUT2D eigenvalue weighted by molar-refractivity contribution is 7.92. The fraction of sp³-hybridized carbons (Fsp3) is 0.130. The number of sulfonamides is 1. The van der Waals surface area contributed by atoms with Gasteiger partial charge in [-0.3, -0.25) is 9.10 Å². The molecule has 10 heteroatoms. The Labute approximate surface area is 202 Å². The SMILES string of the molecule is COc1ccc(/C=N\NC(=O)c2ccc(CN(c3cccc(Cl)c3Cl)S(C)(=O)=O)cc2)cc1. The summed E-state index contributed by atoms with van der Waals surface area (Å²) in [6.07, 6.45) is 2.61. The van der Waals surface area contributed by atoms with Crippen LogP contribution in [0.25, 0.3) is 0 Å². The zero-order chi connectivity index (χ0) is 24.0. The van der Waals surface area contributed by atoms with Crippen molar-refractivity contribution in [3.05, 3.63) is 93.5 Å². The van der Waals surface area contributed by atoms with Crippen LogP contribution in [0.1, 0.15) is 21.5 Å². The summed E-state index contributed by atoms with van der Waals surface area (Å²) in [7, 11) is -2.06. The zero-order valence-electron chi connectivity index (χ0n) is 17.8. The van der Waals surface area contributed by atoms with Gasteiger partial charge in [-0.1, -0.05) is 41.4 Å². The summed E-state index contributed by atoms with van der Waals surface area (Å²) in [5, 5.41) is 4.36. The van der Waals surface area contributed by atoms with E-state index in [9.17, 15) is 13.2 Å². The molecule has 0 atom stereocenters. The maximum atomic E-state index is 12.4. The van der Waals surface area contributed by atoms with Crippen LogP contribution in [0.3, 0.4) is 0 Å². The fourth-order valence-electron chi connectivity index (χ4n) is 2.91. The first-order valence-corrected chi connectivity index (χ1v) is 12.3. The number of hydrogen-bond acceptors (Lipinski definition) is 5. The predicted octanol–water partition coefficient (Wildman–Crippen LogP) is 4.73. The molecule has 0 bridgehead atoms. The third kappa shape index (κ3) is 6.47. The number of rotatable bonds is 8. The quantitative estimate of drug-likeness (QED) is 0.354. The van der Waals surface area contributed by atoms with Crippen molar-refractivity contribution in [3.8, 4) is 5.75 Å². The maximum absolute atomic E-state index is 12.4. The van der Waals surface area contributed by atoms with E-state index in [-0.39, 0.29) is 22.3 Å². The lowest BCUT2D eigenvalue weighted by molar-refractivity contribution is 0.0955. The number of anilines is 1. The van der Waals surface area contributed by atoms with Crippen molar-refractivity contribution in [2.45, 2.75) is 6.54 Å². The molecule has 1 amide bonds. The molecule has 0 aliphatic carbocycles. The summed E-state index contributed by atoms with van der Waals surface area (Å²) in [4.78, 5) is 12.3. The minimum atomic E-state index is -3.64. The molecule has 0 saturated heterocycles. The van der Waals surface area contributed by atoms with Gasteiger partial charge in [-0.25, -0.2) is 13.8 Å². The van der Waals surface area contributed by atoms with Gasteiger partial charge in [0, 0.05) is 5.56 Å². The molecular weight excluding hydrogens is 485 g/mol. The molecule has 0 heterocycles. The summed E-state index contributed by atoms with van der Waals surface area (Å²) < 4.78 is 31.0. The number of carbonyl (C=O) groups is 1. The number of carbonyl (C=O) groups excluding carboxylic acids is 1. The lowest BCUT2D eigenvalue weighted by Crippen LogP contribution is -2.29. The first-order valence-electron chi connectivity index (χ1n) is 9.67. The van der Waals surface area contributed by atoms with Gasteiger partial charge in [-0.2, -0.15) is 5.10 Å². The van der Waals surface area contributed by atoms with E-state index in [1.54, 1.807) is 61.7 Å². The van der Waals surface area contributed by atoms with Crippen molar-refractivity contribution in [3.63, 3.8) is 0 Å². The molecule has 3 rings (SSSR count). The summed E-state index contributed by atoms with van der Waals surface area (Å²) in [6.45, 7) is 0.0242. The van der Waals surface area contributed by atoms with Gasteiger partial charge in [0.15, 0.2) is 0 Å². The Morgan fingerprint density at radius 3 is 2.33 bits per heavy atom. The number of benzene rings is 3. The number of nitrogens with one attached hydrogen (secondary N) is 1. The highest BCUT2D eigenvalue weighted by Gasteiger charge is 2.21. The first kappa shape index (κ1) is 24.6. The third-order valence-electron chi connectivity index (χ3n) is 4.64. The van der Waals surface area contributed by atoms with Crippen molar-refractivity contribution in [2.75, 3.05) is 17.7 Å². The van der Waals surface area contributed by atoms with E-state index in [0.717, 1.165) is 21.9 Å². The van der Waals surface area contributed by atoms with E-state index >= 15 is 0 Å². The topological polar surface area (TPSA) is 88.1 Å². The second kappa shape index (κ2) is 10.7. The average Bonchev–Trinajstić information content (AvgIpc) is 2.79. The normalized spacial score (nSPS) is 11.4. The number of amides is 1. The minimum absolute atomic E-state index is 0.0242. The molecule has 0 aliphatic rings. The Morgan fingerprint density at radius 2 is 1.73 bits per heavy atom. The van der Waals surface area contributed by atoms with Crippen LogP contribution in [0.15, 0.2) is 71.8 Å².